The van der Waals surface area contributed by atoms with E-state index in [2.05, 4.69) is 11.1 Å². The number of hydrogen-bond donors (Lipinski definition) is 0. The fraction of sp³-hybridized carbons (Fsp3) is 0.333. The van der Waals surface area contributed by atoms with Crippen molar-refractivity contribution in [2.75, 3.05) is 6.54 Å². The van der Waals surface area contributed by atoms with Gasteiger partial charge in [-0.15, -0.1) is 0 Å². The molecular formula is C18H20N2O. The van der Waals surface area contributed by atoms with Crippen LogP contribution < -0.4 is 0 Å². The first-order valence-corrected chi connectivity index (χ1v) is 7.54. The first kappa shape index (κ1) is 13.8. The maximum atomic E-state index is 12.8. The Bertz CT molecular complexity index is 607. The predicted octanol–water partition coefficient (Wildman–Crippen LogP) is 3.76. The summed E-state index contributed by atoms with van der Waals surface area (Å²) in [4.78, 5) is 19.1. The van der Waals surface area contributed by atoms with E-state index in [-0.39, 0.29) is 11.9 Å². The van der Waals surface area contributed by atoms with Crippen LogP contribution in [0.4, 0.5) is 0 Å². The molecule has 0 unspecified atom stereocenters. The van der Waals surface area contributed by atoms with Gasteiger partial charge in [0.25, 0.3) is 5.91 Å². The number of amides is 1. The van der Waals surface area contributed by atoms with Crippen LogP contribution in [0.25, 0.3) is 0 Å². The van der Waals surface area contributed by atoms with Crippen molar-refractivity contribution in [2.24, 2.45) is 0 Å². The van der Waals surface area contributed by atoms with E-state index in [4.69, 9.17) is 0 Å². The van der Waals surface area contributed by atoms with E-state index in [1.54, 1.807) is 0 Å². The summed E-state index contributed by atoms with van der Waals surface area (Å²) >= 11 is 0. The van der Waals surface area contributed by atoms with Crippen molar-refractivity contribution in [3.8, 4) is 0 Å². The van der Waals surface area contributed by atoms with Crippen molar-refractivity contribution in [3.05, 3.63) is 65.5 Å². The zero-order valence-corrected chi connectivity index (χ0v) is 12.3. The third-order valence-electron chi connectivity index (χ3n) is 4.10. The number of hydrogen-bond acceptors (Lipinski definition) is 2. The summed E-state index contributed by atoms with van der Waals surface area (Å²) in [5, 5.41) is 0. The van der Waals surface area contributed by atoms with Crippen LogP contribution >= 0.6 is 0 Å². The molecular weight excluding hydrogens is 260 g/mol. The highest BCUT2D eigenvalue weighted by atomic mass is 16.2. The van der Waals surface area contributed by atoms with E-state index in [0.717, 1.165) is 42.6 Å². The lowest BCUT2D eigenvalue weighted by Gasteiger charge is -2.36. The number of likely N-dealkylation sites (tertiary alicyclic amines) is 1. The zero-order valence-electron chi connectivity index (χ0n) is 12.3. The highest BCUT2D eigenvalue weighted by Gasteiger charge is 2.28. The Labute approximate surface area is 125 Å². The molecule has 0 N–H and O–H groups in total. The minimum absolute atomic E-state index is 0.126. The monoisotopic (exact) mass is 280 g/mol. The summed E-state index contributed by atoms with van der Waals surface area (Å²) in [6.45, 7) is 2.81. The van der Waals surface area contributed by atoms with Gasteiger partial charge in [-0.05, 0) is 49.9 Å². The van der Waals surface area contributed by atoms with Crippen molar-refractivity contribution in [1.82, 2.24) is 9.88 Å². The molecule has 1 fully saturated rings. The van der Waals surface area contributed by atoms with Gasteiger partial charge in [-0.3, -0.25) is 9.78 Å². The second-order valence-corrected chi connectivity index (χ2v) is 5.61. The normalized spacial score (nSPS) is 18.5. The van der Waals surface area contributed by atoms with Crippen LogP contribution in [-0.4, -0.2) is 22.3 Å². The molecule has 0 spiro atoms. The molecule has 0 bridgehead atoms. The third-order valence-corrected chi connectivity index (χ3v) is 4.10. The van der Waals surface area contributed by atoms with Crippen LogP contribution in [0.1, 0.15) is 46.9 Å². The molecule has 108 valence electrons. The van der Waals surface area contributed by atoms with E-state index >= 15 is 0 Å². The maximum Gasteiger partial charge on any atom is 0.254 e. The Kier molecular flexibility index (Phi) is 4.00. The number of carbonyl (C=O) groups excluding carboxylic acids is 1. The standard InChI is InChI=1S/C18H20N2O/c1-14-10-11-16(13-19-14)17-9-5-6-12-20(17)18(21)15-7-3-2-4-8-15/h2-4,7-8,10-11,13,17H,5-6,9,12H2,1H3/t17-/m1/s1. The number of rotatable bonds is 2. The van der Waals surface area contributed by atoms with Crippen LogP contribution in [-0.2, 0) is 0 Å². The molecule has 0 saturated carbocycles. The molecule has 1 aromatic heterocycles. The van der Waals surface area contributed by atoms with Gasteiger partial charge in [-0.1, -0.05) is 24.3 Å². The molecule has 1 saturated heterocycles. The fourth-order valence-electron chi connectivity index (χ4n) is 2.94. The quantitative estimate of drug-likeness (QED) is 0.839. The highest BCUT2D eigenvalue weighted by molar-refractivity contribution is 5.94. The second-order valence-electron chi connectivity index (χ2n) is 5.61. The van der Waals surface area contributed by atoms with Gasteiger partial charge >= 0.3 is 0 Å². The molecule has 2 heterocycles. The van der Waals surface area contributed by atoms with E-state index in [1.807, 2.05) is 54.4 Å². The maximum absolute atomic E-state index is 12.8. The summed E-state index contributed by atoms with van der Waals surface area (Å²) in [5.74, 6) is 0.126. The van der Waals surface area contributed by atoms with Gasteiger partial charge in [0.2, 0.25) is 0 Å². The van der Waals surface area contributed by atoms with Gasteiger partial charge in [0.05, 0.1) is 6.04 Å². The molecule has 0 radical (unpaired) electrons. The molecule has 21 heavy (non-hydrogen) atoms. The summed E-state index contributed by atoms with van der Waals surface area (Å²) < 4.78 is 0. The van der Waals surface area contributed by atoms with Gasteiger partial charge in [0, 0.05) is 24.0 Å². The molecule has 3 heteroatoms. The summed E-state index contributed by atoms with van der Waals surface area (Å²) in [5.41, 5.74) is 2.92. The van der Waals surface area contributed by atoms with Gasteiger partial charge in [-0.2, -0.15) is 0 Å². The minimum atomic E-state index is 0.126. The van der Waals surface area contributed by atoms with Crippen molar-refractivity contribution in [1.29, 1.82) is 0 Å². The number of benzene rings is 1. The number of aromatic nitrogens is 1. The molecule has 1 amide bonds. The second kappa shape index (κ2) is 6.08. The largest absolute Gasteiger partial charge is 0.332 e. The Morgan fingerprint density at radius 1 is 1.14 bits per heavy atom. The highest BCUT2D eigenvalue weighted by Crippen LogP contribution is 2.31. The summed E-state index contributed by atoms with van der Waals surface area (Å²) in [7, 11) is 0. The van der Waals surface area contributed by atoms with E-state index in [9.17, 15) is 4.79 Å². The summed E-state index contributed by atoms with van der Waals surface area (Å²) in [6, 6.07) is 13.8. The first-order chi connectivity index (χ1) is 10.3. The average molecular weight is 280 g/mol. The molecule has 3 rings (SSSR count). The number of pyridine rings is 1. The lowest BCUT2D eigenvalue weighted by atomic mass is 9.95. The smallest absolute Gasteiger partial charge is 0.254 e. The topological polar surface area (TPSA) is 33.2 Å². The van der Waals surface area contributed by atoms with Crippen LogP contribution in [0.2, 0.25) is 0 Å². The van der Waals surface area contributed by atoms with Crippen LogP contribution in [0, 0.1) is 6.92 Å². The Morgan fingerprint density at radius 3 is 2.67 bits per heavy atom. The first-order valence-electron chi connectivity index (χ1n) is 7.54. The lowest BCUT2D eigenvalue weighted by molar-refractivity contribution is 0.0611. The van der Waals surface area contributed by atoms with E-state index in [1.165, 1.54) is 0 Å². The third kappa shape index (κ3) is 2.97. The molecule has 2 aromatic rings. The predicted molar refractivity (Wildman–Crippen MR) is 83.0 cm³/mol. The molecule has 1 aliphatic rings. The SMILES string of the molecule is Cc1ccc([C@H]2CCCCN2C(=O)c2ccccc2)cn1. The lowest BCUT2D eigenvalue weighted by Crippen LogP contribution is -2.38. The van der Waals surface area contributed by atoms with Crippen molar-refractivity contribution in [2.45, 2.75) is 32.2 Å². The Hall–Kier alpha value is -2.16. The Balaban J connectivity index is 1.88. The van der Waals surface area contributed by atoms with Crippen molar-refractivity contribution < 1.29 is 4.79 Å². The van der Waals surface area contributed by atoms with Crippen LogP contribution in [0.5, 0.6) is 0 Å². The van der Waals surface area contributed by atoms with Crippen molar-refractivity contribution in [3.63, 3.8) is 0 Å². The molecule has 3 nitrogen and oxygen atoms in total. The van der Waals surface area contributed by atoms with Crippen LogP contribution in [0.15, 0.2) is 48.7 Å². The molecule has 0 aliphatic carbocycles. The van der Waals surface area contributed by atoms with Gasteiger partial charge in [0.15, 0.2) is 0 Å². The average Bonchev–Trinajstić information content (AvgIpc) is 2.56. The number of nitrogens with zero attached hydrogens (tertiary/aromatic N) is 2. The minimum Gasteiger partial charge on any atom is -0.332 e. The van der Waals surface area contributed by atoms with Gasteiger partial charge in [-0.25, -0.2) is 0 Å². The summed E-state index contributed by atoms with van der Waals surface area (Å²) in [6.07, 6.45) is 5.17. The van der Waals surface area contributed by atoms with E-state index in [0.29, 0.717) is 0 Å². The number of piperidine rings is 1. The van der Waals surface area contributed by atoms with Gasteiger partial charge < -0.3 is 4.90 Å². The zero-order chi connectivity index (χ0) is 14.7. The van der Waals surface area contributed by atoms with Crippen molar-refractivity contribution >= 4 is 5.91 Å². The Morgan fingerprint density at radius 2 is 1.95 bits per heavy atom. The van der Waals surface area contributed by atoms with E-state index < -0.39 is 0 Å². The fourth-order valence-corrected chi connectivity index (χ4v) is 2.94. The molecule has 1 atom stereocenters. The molecule has 1 aliphatic heterocycles. The number of carbonyl (C=O) groups is 1. The number of aryl methyl sites for hydroxylation is 1. The van der Waals surface area contributed by atoms with Gasteiger partial charge in [0.1, 0.15) is 0 Å². The van der Waals surface area contributed by atoms with Crippen LogP contribution in [0.3, 0.4) is 0 Å². The molecule has 1 aromatic carbocycles.